The number of benzene rings is 2. The number of halogens is 1. The first-order valence-corrected chi connectivity index (χ1v) is 8.42. The molecule has 0 aliphatic heterocycles. The van der Waals surface area contributed by atoms with Gasteiger partial charge in [-0.25, -0.2) is 13.1 Å². The topological polar surface area (TPSA) is 66.4 Å². The summed E-state index contributed by atoms with van der Waals surface area (Å²) in [4.78, 5) is 0. The summed E-state index contributed by atoms with van der Waals surface area (Å²) in [6, 6.07) is 13.9. The van der Waals surface area contributed by atoms with Gasteiger partial charge in [0, 0.05) is 11.6 Å². The average Bonchev–Trinajstić information content (AvgIpc) is 2.46. The molecule has 21 heavy (non-hydrogen) atoms. The quantitative estimate of drug-likeness (QED) is 0.857. The number of hydrogen-bond donors (Lipinski definition) is 2. The first-order valence-electron chi connectivity index (χ1n) is 6.39. The highest BCUT2D eigenvalue weighted by molar-refractivity contribution is 7.88. The molecule has 0 bridgehead atoms. The molecule has 2 rings (SSSR count). The van der Waals surface area contributed by atoms with Crippen LogP contribution in [0.1, 0.15) is 16.7 Å². The SMILES string of the molecule is O=S(=O)(Cc1cccc(CO)c1)NCc1ccc(Cl)cc1. The summed E-state index contributed by atoms with van der Waals surface area (Å²) in [6.45, 7) is 0.116. The van der Waals surface area contributed by atoms with Crippen molar-refractivity contribution < 1.29 is 13.5 Å². The van der Waals surface area contributed by atoms with Gasteiger partial charge in [-0.3, -0.25) is 0 Å². The number of aliphatic hydroxyl groups is 1. The standard InChI is InChI=1S/C15H16ClNO3S/c16-15-6-4-12(5-7-15)9-17-21(19,20)11-14-3-1-2-13(8-14)10-18/h1-8,17-18H,9-11H2. The normalized spacial score (nSPS) is 11.5. The third-order valence-corrected chi connectivity index (χ3v) is 4.49. The van der Waals surface area contributed by atoms with Crippen LogP contribution in [0.3, 0.4) is 0 Å². The molecule has 0 spiro atoms. The molecular formula is C15H16ClNO3S. The molecule has 112 valence electrons. The molecule has 0 aliphatic rings. The zero-order valence-corrected chi connectivity index (χ0v) is 12.9. The van der Waals surface area contributed by atoms with Gasteiger partial charge >= 0.3 is 0 Å². The second-order valence-corrected chi connectivity index (χ2v) is 6.93. The average molecular weight is 326 g/mol. The van der Waals surface area contributed by atoms with E-state index in [9.17, 15) is 8.42 Å². The van der Waals surface area contributed by atoms with Crippen LogP contribution in [0.25, 0.3) is 0 Å². The van der Waals surface area contributed by atoms with Crippen LogP contribution in [-0.4, -0.2) is 13.5 Å². The van der Waals surface area contributed by atoms with Gasteiger partial charge in [0.25, 0.3) is 0 Å². The van der Waals surface area contributed by atoms with Crippen molar-refractivity contribution in [3.05, 3.63) is 70.2 Å². The van der Waals surface area contributed by atoms with Crippen LogP contribution >= 0.6 is 11.6 Å². The van der Waals surface area contributed by atoms with Crippen molar-refractivity contribution in [2.75, 3.05) is 0 Å². The highest BCUT2D eigenvalue weighted by atomic mass is 35.5. The molecule has 2 N–H and O–H groups in total. The summed E-state index contributed by atoms with van der Waals surface area (Å²) in [5.74, 6) is -0.117. The highest BCUT2D eigenvalue weighted by Crippen LogP contribution is 2.11. The Hall–Kier alpha value is -1.40. The summed E-state index contributed by atoms with van der Waals surface area (Å²) >= 11 is 5.78. The fourth-order valence-corrected chi connectivity index (χ4v) is 3.12. The Labute approximate surface area is 129 Å². The second-order valence-electron chi connectivity index (χ2n) is 4.68. The smallest absolute Gasteiger partial charge is 0.216 e. The third-order valence-electron chi connectivity index (χ3n) is 2.94. The molecule has 6 heteroatoms. The van der Waals surface area contributed by atoms with Crippen molar-refractivity contribution >= 4 is 21.6 Å². The molecule has 0 atom stereocenters. The molecule has 4 nitrogen and oxygen atoms in total. The maximum absolute atomic E-state index is 12.0. The minimum Gasteiger partial charge on any atom is -0.392 e. The van der Waals surface area contributed by atoms with Gasteiger partial charge in [-0.1, -0.05) is 48.0 Å². The third kappa shape index (κ3) is 5.13. The van der Waals surface area contributed by atoms with E-state index in [1.165, 1.54) is 0 Å². The Morgan fingerprint density at radius 2 is 1.67 bits per heavy atom. The van der Waals surface area contributed by atoms with Crippen LogP contribution in [0.4, 0.5) is 0 Å². The van der Waals surface area contributed by atoms with E-state index >= 15 is 0 Å². The lowest BCUT2D eigenvalue weighted by Gasteiger charge is -2.08. The van der Waals surface area contributed by atoms with Crippen molar-refractivity contribution in [3.8, 4) is 0 Å². The largest absolute Gasteiger partial charge is 0.392 e. The van der Waals surface area contributed by atoms with Crippen molar-refractivity contribution in [3.63, 3.8) is 0 Å². The van der Waals surface area contributed by atoms with Crippen molar-refractivity contribution in [2.45, 2.75) is 18.9 Å². The Bertz CT molecular complexity index is 699. The molecule has 0 fully saturated rings. The van der Waals surface area contributed by atoms with Gasteiger partial charge in [-0.15, -0.1) is 0 Å². The summed E-state index contributed by atoms with van der Waals surface area (Å²) in [5.41, 5.74) is 2.18. The number of hydrogen-bond acceptors (Lipinski definition) is 3. The lowest BCUT2D eigenvalue weighted by Crippen LogP contribution is -2.24. The van der Waals surface area contributed by atoms with Crippen LogP contribution in [0.2, 0.25) is 5.02 Å². The predicted octanol–water partition coefficient (Wildman–Crippen LogP) is 2.45. The minimum atomic E-state index is -3.43. The van der Waals surface area contributed by atoms with Crippen LogP contribution in [0.5, 0.6) is 0 Å². The molecule has 2 aromatic rings. The number of sulfonamides is 1. The van der Waals surface area contributed by atoms with E-state index < -0.39 is 10.0 Å². The zero-order chi connectivity index (χ0) is 15.3. The van der Waals surface area contributed by atoms with Crippen LogP contribution in [0.15, 0.2) is 48.5 Å². The van der Waals surface area contributed by atoms with Gasteiger partial charge < -0.3 is 5.11 Å². The number of aliphatic hydroxyl groups excluding tert-OH is 1. The second kappa shape index (κ2) is 7.04. The van der Waals surface area contributed by atoms with Gasteiger partial charge in [0.15, 0.2) is 0 Å². The minimum absolute atomic E-state index is 0.105. The summed E-state index contributed by atoms with van der Waals surface area (Å²) < 4.78 is 26.6. The molecule has 0 radical (unpaired) electrons. The van der Waals surface area contributed by atoms with Crippen LogP contribution in [-0.2, 0) is 28.9 Å². The first kappa shape index (κ1) is 16.0. The maximum Gasteiger partial charge on any atom is 0.216 e. The van der Waals surface area contributed by atoms with Gasteiger partial charge in [-0.2, -0.15) is 0 Å². The van der Waals surface area contributed by atoms with Crippen molar-refractivity contribution in [1.29, 1.82) is 0 Å². The Balaban J connectivity index is 1.99. The van der Waals surface area contributed by atoms with Crippen molar-refractivity contribution in [1.82, 2.24) is 4.72 Å². The van der Waals surface area contributed by atoms with Crippen molar-refractivity contribution in [2.24, 2.45) is 0 Å². The Morgan fingerprint density at radius 1 is 1.00 bits per heavy atom. The van der Waals surface area contributed by atoms with E-state index in [1.807, 2.05) is 0 Å². The highest BCUT2D eigenvalue weighted by Gasteiger charge is 2.11. The maximum atomic E-state index is 12.0. The fourth-order valence-electron chi connectivity index (χ4n) is 1.88. The molecular weight excluding hydrogens is 310 g/mol. The molecule has 2 aromatic carbocycles. The van der Waals surface area contributed by atoms with E-state index in [1.54, 1.807) is 48.5 Å². The Morgan fingerprint density at radius 3 is 2.33 bits per heavy atom. The molecule has 0 aliphatic carbocycles. The van der Waals surface area contributed by atoms with E-state index in [-0.39, 0.29) is 18.9 Å². The van der Waals surface area contributed by atoms with Gasteiger partial charge in [0.2, 0.25) is 10.0 Å². The van der Waals surface area contributed by atoms with Crippen LogP contribution < -0.4 is 4.72 Å². The number of rotatable bonds is 6. The van der Waals surface area contributed by atoms with Gasteiger partial charge in [-0.05, 0) is 28.8 Å². The lowest BCUT2D eigenvalue weighted by atomic mass is 10.1. The molecule has 0 saturated heterocycles. The summed E-state index contributed by atoms with van der Waals surface area (Å²) in [7, 11) is -3.43. The fraction of sp³-hybridized carbons (Fsp3) is 0.200. The van der Waals surface area contributed by atoms with E-state index in [4.69, 9.17) is 16.7 Å². The van der Waals surface area contributed by atoms with E-state index in [2.05, 4.69) is 4.72 Å². The molecule has 0 heterocycles. The number of nitrogens with one attached hydrogen (secondary N) is 1. The zero-order valence-electron chi connectivity index (χ0n) is 11.3. The molecule has 0 saturated carbocycles. The van der Waals surface area contributed by atoms with Gasteiger partial charge in [0.05, 0.1) is 12.4 Å². The molecule has 0 unspecified atom stereocenters. The lowest BCUT2D eigenvalue weighted by molar-refractivity contribution is 0.282. The summed E-state index contributed by atoms with van der Waals surface area (Å²) in [6.07, 6.45) is 0. The van der Waals surface area contributed by atoms with Gasteiger partial charge in [0.1, 0.15) is 0 Å². The monoisotopic (exact) mass is 325 g/mol. The Kier molecular flexibility index (Phi) is 5.36. The molecule has 0 aromatic heterocycles. The molecule has 0 amide bonds. The first-order chi connectivity index (χ1) is 9.98. The van der Waals surface area contributed by atoms with E-state index in [0.29, 0.717) is 16.1 Å². The van der Waals surface area contributed by atoms with Crippen LogP contribution in [0, 0.1) is 0 Å². The summed E-state index contributed by atoms with van der Waals surface area (Å²) in [5, 5.41) is 9.67. The predicted molar refractivity (Wildman–Crippen MR) is 83.3 cm³/mol. The van der Waals surface area contributed by atoms with E-state index in [0.717, 1.165) is 5.56 Å².